The molecule has 0 atom stereocenters. The van der Waals surface area contributed by atoms with Crippen LogP contribution in [0.2, 0.25) is 0 Å². The van der Waals surface area contributed by atoms with Crippen LogP contribution in [0.3, 0.4) is 0 Å². The minimum Gasteiger partial charge on any atom is -0.350 e. The number of rotatable bonds is 5. The molecule has 0 aliphatic rings. The van der Waals surface area contributed by atoms with E-state index in [1.807, 2.05) is 21.1 Å². The summed E-state index contributed by atoms with van der Waals surface area (Å²) >= 11 is 1.47. The number of hydrogen-bond donors (Lipinski definition) is 0. The Hall–Kier alpha value is -0.940. The van der Waals surface area contributed by atoms with Crippen molar-refractivity contribution in [1.82, 2.24) is 9.88 Å². The number of hydrogen-bond acceptors (Lipinski definition) is 5. The molecule has 4 nitrogen and oxygen atoms in total. The average Bonchev–Trinajstić information content (AvgIpc) is 2.69. The van der Waals surface area contributed by atoms with E-state index in [2.05, 4.69) is 35.6 Å². The monoisotopic (exact) mass is 269 g/mol. The third-order valence-electron chi connectivity index (χ3n) is 2.67. The van der Waals surface area contributed by atoms with Crippen molar-refractivity contribution in [2.24, 2.45) is 0 Å². The van der Waals surface area contributed by atoms with E-state index >= 15 is 0 Å². The molecule has 0 bridgehead atoms. The number of aromatic nitrogens is 1. The van der Waals surface area contributed by atoms with Crippen molar-refractivity contribution in [2.75, 3.05) is 39.1 Å². The highest BCUT2D eigenvalue weighted by Gasteiger charge is 2.24. The molecular formula is C13H23N3OS. The van der Waals surface area contributed by atoms with Crippen LogP contribution in [-0.4, -0.2) is 50.4 Å². The van der Waals surface area contributed by atoms with E-state index in [0.717, 1.165) is 35.1 Å². The zero-order valence-corrected chi connectivity index (χ0v) is 13.0. The number of thiazole rings is 1. The Balaban J connectivity index is 2.91. The summed E-state index contributed by atoms with van der Waals surface area (Å²) in [5, 5.41) is 0.920. The lowest BCUT2D eigenvalue weighted by Crippen LogP contribution is -2.28. The van der Waals surface area contributed by atoms with Gasteiger partial charge in [-0.1, -0.05) is 32.1 Å². The third-order valence-corrected chi connectivity index (χ3v) is 3.76. The van der Waals surface area contributed by atoms with E-state index in [9.17, 15) is 4.79 Å². The van der Waals surface area contributed by atoms with Gasteiger partial charge in [0.05, 0.1) is 10.6 Å². The maximum atomic E-state index is 11.1. The minimum atomic E-state index is -0.0899. The molecule has 0 saturated heterocycles. The van der Waals surface area contributed by atoms with E-state index in [1.165, 1.54) is 11.3 Å². The van der Waals surface area contributed by atoms with Gasteiger partial charge in [-0.05, 0) is 14.1 Å². The van der Waals surface area contributed by atoms with Crippen molar-refractivity contribution in [3.8, 4) is 0 Å². The van der Waals surface area contributed by atoms with Gasteiger partial charge in [-0.15, -0.1) is 0 Å². The number of aldehydes is 1. The molecule has 5 heteroatoms. The smallest absolute Gasteiger partial charge is 0.186 e. The lowest BCUT2D eigenvalue weighted by Gasteiger charge is -2.19. The van der Waals surface area contributed by atoms with Crippen LogP contribution in [0, 0.1) is 0 Å². The van der Waals surface area contributed by atoms with Crippen LogP contribution in [0.25, 0.3) is 0 Å². The molecule has 0 aliphatic heterocycles. The SMILES string of the molecule is CN(C)CCN(C)c1nc(C(C)(C)C)c(C=O)s1. The van der Waals surface area contributed by atoms with Gasteiger partial charge in [-0.2, -0.15) is 0 Å². The molecule has 0 aliphatic carbocycles. The fraction of sp³-hybridized carbons (Fsp3) is 0.692. The number of likely N-dealkylation sites (N-methyl/N-ethyl adjacent to an activating group) is 2. The lowest BCUT2D eigenvalue weighted by molar-refractivity contribution is 0.112. The third kappa shape index (κ3) is 3.78. The van der Waals surface area contributed by atoms with Crippen LogP contribution in [-0.2, 0) is 5.41 Å². The topological polar surface area (TPSA) is 36.4 Å². The van der Waals surface area contributed by atoms with Crippen molar-refractivity contribution in [1.29, 1.82) is 0 Å². The molecule has 0 spiro atoms. The van der Waals surface area contributed by atoms with Gasteiger partial charge < -0.3 is 9.80 Å². The summed E-state index contributed by atoms with van der Waals surface area (Å²) in [4.78, 5) is 20.7. The van der Waals surface area contributed by atoms with E-state index in [-0.39, 0.29) is 5.41 Å². The molecule has 0 N–H and O–H groups in total. The largest absolute Gasteiger partial charge is 0.350 e. The van der Waals surface area contributed by atoms with Crippen molar-refractivity contribution in [3.63, 3.8) is 0 Å². The molecule has 1 heterocycles. The molecule has 18 heavy (non-hydrogen) atoms. The highest BCUT2D eigenvalue weighted by atomic mass is 32.1. The van der Waals surface area contributed by atoms with Crippen molar-refractivity contribution >= 4 is 22.8 Å². The molecule has 1 aromatic heterocycles. The minimum absolute atomic E-state index is 0.0899. The Morgan fingerprint density at radius 2 is 1.83 bits per heavy atom. The van der Waals surface area contributed by atoms with Crippen LogP contribution >= 0.6 is 11.3 Å². The molecule has 1 aromatic rings. The maximum absolute atomic E-state index is 11.1. The Bertz CT molecular complexity index is 407. The highest BCUT2D eigenvalue weighted by Crippen LogP contribution is 2.32. The molecule has 102 valence electrons. The summed E-state index contributed by atoms with van der Waals surface area (Å²) in [7, 11) is 6.11. The maximum Gasteiger partial charge on any atom is 0.186 e. The summed E-state index contributed by atoms with van der Waals surface area (Å²) in [6, 6.07) is 0. The van der Waals surface area contributed by atoms with Crippen LogP contribution < -0.4 is 4.90 Å². The lowest BCUT2D eigenvalue weighted by atomic mass is 9.91. The Kier molecular flexibility index (Phi) is 4.87. The van der Waals surface area contributed by atoms with Gasteiger partial charge in [0, 0.05) is 25.6 Å². The first-order valence-electron chi connectivity index (χ1n) is 6.08. The van der Waals surface area contributed by atoms with Crippen LogP contribution in [0.4, 0.5) is 5.13 Å². The average molecular weight is 269 g/mol. The second kappa shape index (κ2) is 5.80. The molecule has 0 fully saturated rings. The quantitative estimate of drug-likeness (QED) is 0.768. The van der Waals surface area contributed by atoms with Crippen LogP contribution in [0.15, 0.2) is 0 Å². The summed E-state index contributed by atoms with van der Waals surface area (Å²) in [6.45, 7) is 8.12. The van der Waals surface area contributed by atoms with E-state index in [4.69, 9.17) is 0 Å². The number of carbonyl (C=O) groups is 1. The number of carbonyl (C=O) groups excluding carboxylic acids is 1. The van der Waals surface area contributed by atoms with E-state index in [1.54, 1.807) is 0 Å². The number of nitrogens with zero attached hydrogens (tertiary/aromatic N) is 3. The van der Waals surface area contributed by atoms with Gasteiger partial charge in [0.15, 0.2) is 11.4 Å². The second-order valence-corrected chi connectivity index (χ2v) is 6.81. The van der Waals surface area contributed by atoms with Gasteiger partial charge >= 0.3 is 0 Å². The zero-order chi connectivity index (χ0) is 13.9. The van der Waals surface area contributed by atoms with Crippen molar-refractivity contribution in [2.45, 2.75) is 26.2 Å². The second-order valence-electron chi connectivity index (χ2n) is 5.80. The zero-order valence-electron chi connectivity index (χ0n) is 12.1. The van der Waals surface area contributed by atoms with Gasteiger partial charge in [0.25, 0.3) is 0 Å². The Labute approximate surface area is 114 Å². The molecule has 0 radical (unpaired) electrons. The molecule has 0 saturated carbocycles. The normalized spacial score (nSPS) is 11.9. The van der Waals surface area contributed by atoms with Gasteiger partial charge in [0.1, 0.15) is 0 Å². The number of anilines is 1. The molecule has 1 rings (SSSR count). The molecule has 0 unspecified atom stereocenters. The molecule has 0 aromatic carbocycles. The first kappa shape index (κ1) is 15.1. The van der Waals surface area contributed by atoms with Crippen LogP contribution in [0.1, 0.15) is 36.1 Å². The van der Waals surface area contributed by atoms with Crippen molar-refractivity contribution < 1.29 is 4.79 Å². The van der Waals surface area contributed by atoms with Crippen LogP contribution in [0.5, 0.6) is 0 Å². The summed E-state index contributed by atoms with van der Waals surface area (Å²) in [5.74, 6) is 0. The summed E-state index contributed by atoms with van der Waals surface area (Å²) < 4.78 is 0. The predicted molar refractivity (Wildman–Crippen MR) is 78.0 cm³/mol. The first-order chi connectivity index (χ1) is 8.25. The van der Waals surface area contributed by atoms with Gasteiger partial charge in [-0.3, -0.25) is 4.79 Å². The predicted octanol–water partition coefficient (Wildman–Crippen LogP) is 2.25. The fourth-order valence-corrected chi connectivity index (χ4v) is 2.62. The molecular weight excluding hydrogens is 246 g/mol. The highest BCUT2D eigenvalue weighted by molar-refractivity contribution is 7.17. The van der Waals surface area contributed by atoms with Gasteiger partial charge in [0.2, 0.25) is 0 Å². The Morgan fingerprint density at radius 3 is 2.22 bits per heavy atom. The van der Waals surface area contributed by atoms with Crippen molar-refractivity contribution in [3.05, 3.63) is 10.6 Å². The van der Waals surface area contributed by atoms with E-state index in [0.29, 0.717) is 0 Å². The van der Waals surface area contributed by atoms with Gasteiger partial charge in [-0.25, -0.2) is 4.98 Å². The van der Waals surface area contributed by atoms with E-state index < -0.39 is 0 Å². The fourth-order valence-electron chi connectivity index (χ4n) is 1.55. The molecule has 0 amide bonds. The Morgan fingerprint density at radius 1 is 1.22 bits per heavy atom. The summed E-state index contributed by atoms with van der Waals surface area (Å²) in [5.41, 5.74) is 0.808. The first-order valence-corrected chi connectivity index (χ1v) is 6.89. The standard InChI is InChI=1S/C13H23N3OS/c1-13(2,3)11-10(9-17)18-12(14-11)16(6)8-7-15(4)5/h9H,7-8H2,1-6H3. The summed E-state index contributed by atoms with van der Waals surface area (Å²) in [6.07, 6.45) is 0.918.